The summed E-state index contributed by atoms with van der Waals surface area (Å²) in [5.41, 5.74) is 2.64. The molecule has 0 atom stereocenters. The van der Waals surface area contributed by atoms with E-state index in [1.54, 1.807) is 9.25 Å². The molecule has 0 spiro atoms. The predicted octanol–water partition coefficient (Wildman–Crippen LogP) is 2.29. The summed E-state index contributed by atoms with van der Waals surface area (Å²) < 4.78 is 3.11. The molecule has 0 fully saturated rings. The van der Waals surface area contributed by atoms with Crippen molar-refractivity contribution in [2.24, 2.45) is 0 Å². The van der Waals surface area contributed by atoms with Crippen molar-refractivity contribution in [2.45, 2.75) is 20.0 Å². The van der Waals surface area contributed by atoms with E-state index in [1.165, 1.54) is 36.8 Å². The lowest BCUT2D eigenvalue weighted by Gasteiger charge is -2.09. The summed E-state index contributed by atoms with van der Waals surface area (Å²) >= 11 is 0. The van der Waals surface area contributed by atoms with Gasteiger partial charge in [-0.15, -0.1) is 0 Å². The lowest BCUT2D eigenvalue weighted by atomic mass is 10.1. The third-order valence-corrected chi connectivity index (χ3v) is 5.17. The van der Waals surface area contributed by atoms with Gasteiger partial charge in [0.05, 0.1) is 24.2 Å². The summed E-state index contributed by atoms with van der Waals surface area (Å²) in [6.45, 7) is 2.98. The molecule has 1 amide bonds. The van der Waals surface area contributed by atoms with Crippen molar-refractivity contribution in [3.8, 4) is 0 Å². The van der Waals surface area contributed by atoms with Gasteiger partial charge in [-0.1, -0.05) is 24.3 Å². The Morgan fingerprint density at radius 3 is 2.62 bits per heavy atom. The largest absolute Gasteiger partial charge is 0.350 e. The van der Waals surface area contributed by atoms with Gasteiger partial charge in [-0.2, -0.15) is 5.10 Å². The lowest BCUT2D eigenvalue weighted by molar-refractivity contribution is -0.384. The number of hydrogen-bond donors (Lipinski definition) is 1. The number of nitrogens with one attached hydrogen (secondary N) is 1. The molecule has 32 heavy (non-hydrogen) atoms. The van der Waals surface area contributed by atoms with Crippen LogP contribution in [-0.4, -0.2) is 36.7 Å². The summed E-state index contributed by atoms with van der Waals surface area (Å²) in [5, 5.41) is 18.1. The van der Waals surface area contributed by atoms with Crippen LogP contribution in [0, 0.1) is 17.0 Å². The maximum absolute atomic E-state index is 12.9. The lowest BCUT2D eigenvalue weighted by Crippen LogP contribution is -2.27. The van der Waals surface area contributed by atoms with E-state index in [9.17, 15) is 19.7 Å². The summed E-state index contributed by atoms with van der Waals surface area (Å²) in [6.07, 6.45) is 2.99. The third kappa shape index (κ3) is 4.24. The van der Waals surface area contributed by atoms with Gasteiger partial charge in [-0.25, -0.2) is 9.67 Å². The van der Waals surface area contributed by atoms with E-state index >= 15 is 0 Å². The van der Waals surface area contributed by atoms with Gasteiger partial charge in [0, 0.05) is 24.2 Å². The van der Waals surface area contributed by atoms with Crippen molar-refractivity contribution in [3.63, 3.8) is 0 Å². The molecule has 0 aliphatic rings. The first kappa shape index (κ1) is 20.9. The standard InChI is InChI=1S/C22H20N6O4/c1-15-4-2-3-5-17(15)13-26-14-24-20-19(22(26)30)12-25-27(20)11-10-23-21(29)16-6-8-18(9-7-16)28(31)32/h2-9,12,14H,10-11,13H2,1H3,(H,23,29). The van der Waals surface area contributed by atoms with Crippen molar-refractivity contribution >= 4 is 22.6 Å². The number of nitrogens with zero attached hydrogens (tertiary/aromatic N) is 5. The van der Waals surface area contributed by atoms with E-state index in [2.05, 4.69) is 15.4 Å². The van der Waals surface area contributed by atoms with Crippen LogP contribution in [0.1, 0.15) is 21.5 Å². The molecule has 2 aromatic heterocycles. The highest BCUT2D eigenvalue weighted by molar-refractivity contribution is 5.94. The molecule has 2 heterocycles. The summed E-state index contributed by atoms with van der Waals surface area (Å²) in [7, 11) is 0. The van der Waals surface area contributed by atoms with Gasteiger partial charge in [0.25, 0.3) is 17.2 Å². The number of rotatable bonds is 7. The molecular formula is C22H20N6O4. The average molecular weight is 432 g/mol. The number of non-ortho nitro benzene ring substituents is 1. The number of aromatic nitrogens is 4. The number of amides is 1. The van der Waals surface area contributed by atoms with Crippen LogP contribution in [0.5, 0.6) is 0 Å². The Labute approximate surface area is 182 Å². The number of carbonyl (C=O) groups is 1. The van der Waals surface area contributed by atoms with Crippen LogP contribution in [0.4, 0.5) is 5.69 Å². The van der Waals surface area contributed by atoms with Gasteiger partial charge in [0.15, 0.2) is 5.65 Å². The fourth-order valence-electron chi connectivity index (χ4n) is 3.36. The number of fused-ring (bicyclic) bond motifs is 1. The summed E-state index contributed by atoms with van der Waals surface area (Å²) in [6, 6.07) is 13.2. The maximum Gasteiger partial charge on any atom is 0.269 e. The molecule has 162 valence electrons. The van der Waals surface area contributed by atoms with Gasteiger partial charge >= 0.3 is 0 Å². The van der Waals surface area contributed by atoms with Crippen molar-refractivity contribution in [2.75, 3.05) is 6.54 Å². The topological polar surface area (TPSA) is 125 Å². The van der Waals surface area contributed by atoms with E-state index in [0.29, 0.717) is 29.7 Å². The van der Waals surface area contributed by atoms with E-state index in [4.69, 9.17) is 0 Å². The van der Waals surface area contributed by atoms with Crippen LogP contribution in [-0.2, 0) is 13.1 Å². The molecule has 10 nitrogen and oxygen atoms in total. The van der Waals surface area contributed by atoms with Crippen LogP contribution in [0.25, 0.3) is 11.0 Å². The van der Waals surface area contributed by atoms with Crippen LogP contribution < -0.4 is 10.9 Å². The molecule has 0 bridgehead atoms. The fraction of sp³-hybridized carbons (Fsp3) is 0.182. The molecule has 0 aliphatic carbocycles. The smallest absolute Gasteiger partial charge is 0.269 e. The van der Waals surface area contributed by atoms with E-state index in [1.807, 2.05) is 31.2 Å². The molecule has 2 aromatic carbocycles. The number of benzene rings is 2. The van der Waals surface area contributed by atoms with Crippen molar-refractivity contribution < 1.29 is 9.72 Å². The second-order valence-electron chi connectivity index (χ2n) is 7.27. The molecule has 10 heteroatoms. The first-order chi connectivity index (χ1) is 15.4. The Morgan fingerprint density at radius 1 is 1.16 bits per heavy atom. The van der Waals surface area contributed by atoms with Gasteiger partial charge in [-0.3, -0.25) is 24.3 Å². The Balaban J connectivity index is 1.43. The summed E-state index contributed by atoms with van der Waals surface area (Å²) in [5.74, 6) is -0.357. The fourth-order valence-corrected chi connectivity index (χ4v) is 3.36. The Kier molecular flexibility index (Phi) is 5.75. The minimum Gasteiger partial charge on any atom is -0.350 e. The molecule has 4 rings (SSSR count). The van der Waals surface area contributed by atoms with Crippen molar-refractivity contribution in [1.29, 1.82) is 0 Å². The zero-order chi connectivity index (χ0) is 22.7. The van der Waals surface area contributed by atoms with Crippen molar-refractivity contribution in [3.05, 3.63) is 98.2 Å². The second-order valence-corrected chi connectivity index (χ2v) is 7.27. The van der Waals surface area contributed by atoms with Gasteiger partial charge in [-0.05, 0) is 30.2 Å². The molecular weight excluding hydrogens is 412 g/mol. The molecule has 1 N–H and O–H groups in total. The van der Waals surface area contributed by atoms with E-state index in [0.717, 1.165) is 11.1 Å². The average Bonchev–Trinajstić information content (AvgIpc) is 3.21. The number of aryl methyl sites for hydroxylation is 1. The van der Waals surface area contributed by atoms with Crippen LogP contribution in [0.2, 0.25) is 0 Å². The number of nitro benzene ring substituents is 1. The second kappa shape index (κ2) is 8.80. The van der Waals surface area contributed by atoms with Gasteiger partial charge < -0.3 is 5.32 Å². The van der Waals surface area contributed by atoms with E-state index in [-0.39, 0.29) is 23.7 Å². The van der Waals surface area contributed by atoms with E-state index < -0.39 is 4.92 Å². The quantitative estimate of drug-likeness (QED) is 0.353. The SMILES string of the molecule is Cc1ccccc1Cn1cnc2c(cnn2CCNC(=O)c2ccc([N+](=O)[O-])cc2)c1=O. The molecule has 0 aliphatic heterocycles. The molecule has 0 radical (unpaired) electrons. The highest BCUT2D eigenvalue weighted by atomic mass is 16.6. The zero-order valence-corrected chi connectivity index (χ0v) is 17.3. The minimum absolute atomic E-state index is 0.0799. The first-order valence-corrected chi connectivity index (χ1v) is 9.92. The predicted molar refractivity (Wildman–Crippen MR) is 117 cm³/mol. The Hall–Kier alpha value is -4.34. The molecule has 0 saturated carbocycles. The monoisotopic (exact) mass is 432 g/mol. The zero-order valence-electron chi connectivity index (χ0n) is 17.3. The maximum atomic E-state index is 12.9. The van der Waals surface area contributed by atoms with Crippen LogP contribution in [0.3, 0.4) is 0 Å². The Morgan fingerprint density at radius 2 is 1.91 bits per heavy atom. The third-order valence-electron chi connectivity index (χ3n) is 5.17. The molecule has 0 saturated heterocycles. The van der Waals surface area contributed by atoms with Crippen LogP contribution in [0.15, 0.2) is 65.8 Å². The molecule has 0 unspecified atom stereocenters. The molecule has 4 aromatic rings. The normalized spacial score (nSPS) is 10.9. The van der Waals surface area contributed by atoms with Gasteiger partial charge in [0.2, 0.25) is 0 Å². The van der Waals surface area contributed by atoms with Crippen LogP contribution >= 0.6 is 0 Å². The Bertz CT molecular complexity index is 1360. The first-order valence-electron chi connectivity index (χ1n) is 9.92. The highest BCUT2D eigenvalue weighted by Gasteiger charge is 2.12. The van der Waals surface area contributed by atoms with Crippen molar-refractivity contribution in [1.82, 2.24) is 24.6 Å². The number of carbonyl (C=O) groups excluding carboxylic acids is 1. The number of hydrogen-bond acceptors (Lipinski definition) is 6. The van der Waals surface area contributed by atoms with Gasteiger partial charge in [0.1, 0.15) is 11.7 Å². The highest BCUT2D eigenvalue weighted by Crippen LogP contribution is 2.12. The minimum atomic E-state index is -0.521. The summed E-state index contributed by atoms with van der Waals surface area (Å²) in [4.78, 5) is 39.7. The number of nitro groups is 1.